The van der Waals surface area contributed by atoms with Gasteiger partial charge in [0.05, 0.1) is 21.1 Å². The number of nitrogens with zero attached hydrogens (tertiary/aromatic N) is 1. The smallest absolute Gasteiger partial charge is 0.362 e. The van der Waals surface area contributed by atoms with Gasteiger partial charge in [0, 0.05) is 0 Å². The molecule has 0 amide bonds. The maximum Gasteiger partial charge on any atom is 0.362 e. The lowest BCUT2D eigenvalue weighted by atomic mass is 10.0. The van der Waals surface area contributed by atoms with Crippen molar-refractivity contribution in [1.82, 2.24) is 0 Å². The SMILES string of the molecule is CCCCCCCCC/C=C\CCCCCCCCC(O)(C[N+](C)(C)C)P(=O)(O)O. The lowest BCUT2D eigenvalue weighted by Crippen LogP contribution is -2.49. The molecule has 0 aromatic heterocycles. The van der Waals surface area contributed by atoms with Gasteiger partial charge in [-0.05, 0) is 38.5 Å². The molecule has 0 saturated carbocycles. The molecule has 0 spiro atoms. The summed E-state index contributed by atoms with van der Waals surface area (Å²) >= 11 is 0. The van der Waals surface area contributed by atoms with Gasteiger partial charge in [-0.2, -0.15) is 0 Å². The largest absolute Gasteiger partial charge is 0.373 e. The summed E-state index contributed by atoms with van der Waals surface area (Å²) in [5.74, 6) is 0. The molecule has 0 fully saturated rings. The van der Waals surface area contributed by atoms with E-state index in [2.05, 4.69) is 19.1 Å². The van der Waals surface area contributed by atoms with Gasteiger partial charge in [-0.15, -0.1) is 0 Å². The van der Waals surface area contributed by atoms with Crippen LogP contribution in [-0.4, -0.2) is 52.4 Å². The van der Waals surface area contributed by atoms with Crippen LogP contribution in [0, 0.1) is 0 Å². The molecule has 0 aliphatic carbocycles. The van der Waals surface area contributed by atoms with E-state index in [4.69, 9.17) is 0 Å². The van der Waals surface area contributed by atoms with Crippen molar-refractivity contribution in [3.8, 4) is 0 Å². The topological polar surface area (TPSA) is 77.8 Å². The van der Waals surface area contributed by atoms with Crippen LogP contribution in [0.25, 0.3) is 0 Å². The number of allylic oxidation sites excluding steroid dienone is 2. The van der Waals surface area contributed by atoms with Crippen LogP contribution in [0.1, 0.15) is 110 Å². The van der Waals surface area contributed by atoms with Crippen LogP contribution in [0.2, 0.25) is 0 Å². The number of likely N-dealkylation sites (N-methyl/N-ethyl adjacent to an activating group) is 1. The normalized spacial score (nSPS) is 15.0. The van der Waals surface area contributed by atoms with E-state index in [0.29, 0.717) is 10.9 Å². The van der Waals surface area contributed by atoms with E-state index in [1.165, 1.54) is 64.2 Å². The monoisotopic (exact) mass is 448 g/mol. The average Bonchev–Trinajstić information content (AvgIpc) is 2.62. The van der Waals surface area contributed by atoms with Gasteiger partial charge in [0.15, 0.2) is 0 Å². The Balaban J connectivity index is 3.68. The molecule has 0 aliphatic heterocycles. The van der Waals surface area contributed by atoms with Crippen molar-refractivity contribution >= 4 is 7.60 Å². The second-order valence-corrected chi connectivity index (χ2v) is 11.9. The Labute approximate surface area is 186 Å². The molecular weight excluding hydrogens is 397 g/mol. The molecular formula is C24H51NO4P+. The second kappa shape index (κ2) is 16.4. The summed E-state index contributed by atoms with van der Waals surface area (Å²) < 4.78 is 12.1. The maximum absolute atomic E-state index is 11.8. The number of rotatable bonds is 20. The van der Waals surface area contributed by atoms with E-state index < -0.39 is 12.9 Å². The quantitative estimate of drug-likeness (QED) is 0.0874. The summed E-state index contributed by atoms with van der Waals surface area (Å²) in [5.41, 5.74) is 0. The number of unbranched alkanes of at least 4 members (excludes halogenated alkanes) is 13. The number of hydrogen-bond acceptors (Lipinski definition) is 2. The molecule has 0 aliphatic rings. The molecule has 3 N–H and O–H groups in total. The van der Waals surface area contributed by atoms with Gasteiger partial charge >= 0.3 is 7.60 Å². The van der Waals surface area contributed by atoms with Crippen LogP contribution >= 0.6 is 7.60 Å². The summed E-state index contributed by atoms with van der Waals surface area (Å²) in [4.78, 5) is 19.2. The molecule has 0 aromatic carbocycles. The van der Waals surface area contributed by atoms with Crippen LogP contribution in [0.5, 0.6) is 0 Å². The van der Waals surface area contributed by atoms with Gasteiger partial charge in [0.2, 0.25) is 5.34 Å². The van der Waals surface area contributed by atoms with Crippen molar-refractivity contribution in [3.05, 3.63) is 12.2 Å². The zero-order valence-corrected chi connectivity index (χ0v) is 21.2. The van der Waals surface area contributed by atoms with E-state index in [1.807, 2.05) is 21.1 Å². The van der Waals surface area contributed by atoms with E-state index in [1.54, 1.807) is 0 Å². The zero-order valence-electron chi connectivity index (χ0n) is 20.3. The first-order chi connectivity index (χ1) is 14.0. The summed E-state index contributed by atoms with van der Waals surface area (Å²) in [6.07, 6.45) is 22.9. The first-order valence-electron chi connectivity index (χ1n) is 12.3. The standard InChI is InChI=1S/C24H50NO4P/c1-5-6-7-8-9-10-11-12-13-14-15-16-17-18-19-20-21-22-24(26,30(27,28)29)23-25(2,3)4/h13-14,26H,5-12,15-23H2,1-4H3,(H-,27,28,29)/p+1/b14-13-. The van der Waals surface area contributed by atoms with E-state index >= 15 is 0 Å². The fraction of sp³-hybridized carbons (Fsp3) is 0.917. The predicted molar refractivity (Wildman–Crippen MR) is 129 cm³/mol. The second-order valence-electron chi connectivity index (χ2n) is 10.0. The van der Waals surface area contributed by atoms with Crippen molar-refractivity contribution in [2.24, 2.45) is 0 Å². The molecule has 0 bridgehead atoms. The Morgan fingerprint density at radius 3 is 1.53 bits per heavy atom. The third-order valence-corrected chi connectivity index (χ3v) is 7.06. The number of aliphatic hydroxyl groups is 1. The Hall–Kier alpha value is -0.190. The molecule has 0 aromatic rings. The Bertz CT molecular complexity index is 484. The lowest BCUT2D eigenvalue weighted by Gasteiger charge is -2.35. The summed E-state index contributed by atoms with van der Waals surface area (Å²) in [6, 6.07) is 0. The molecule has 1 unspecified atom stereocenters. The molecule has 0 rings (SSSR count). The van der Waals surface area contributed by atoms with Crippen LogP contribution in [0.3, 0.4) is 0 Å². The first-order valence-corrected chi connectivity index (χ1v) is 13.9. The van der Waals surface area contributed by atoms with Gasteiger partial charge in [0.1, 0.15) is 6.54 Å². The predicted octanol–water partition coefficient (Wildman–Crippen LogP) is 6.38. The summed E-state index contributed by atoms with van der Waals surface area (Å²) in [7, 11) is 0.968. The van der Waals surface area contributed by atoms with Crippen LogP contribution in [-0.2, 0) is 4.57 Å². The summed E-state index contributed by atoms with van der Waals surface area (Å²) in [6.45, 7) is 2.32. The molecule has 0 heterocycles. The van der Waals surface area contributed by atoms with Crippen LogP contribution in [0.4, 0.5) is 0 Å². The molecule has 180 valence electrons. The average molecular weight is 449 g/mol. The van der Waals surface area contributed by atoms with Crippen molar-refractivity contribution in [3.63, 3.8) is 0 Å². The van der Waals surface area contributed by atoms with E-state index in [9.17, 15) is 19.5 Å². The van der Waals surface area contributed by atoms with E-state index in [-0.39, 0.29) is 13.0 Å². The fourth-order valence-corrected chi connectivity index (χ4v) is 4.97. The van der Waals surface area contributed by atoms with Gasteiger partial charge in [-0.25, -0.2) is 0 Å². The van der Waals surface area contributed by atoms with Crippen LogP contribution < -0.4 is 0 Å². The van der Waals surface area contributed by atoms with E-state index in [0.717, 1.165) is 25.7 Å². The highest BCUT2D eigenvalue weighted by atomic mass is 31.2. The minimum atomic E-state index is -4.54. The molecule has 1 atom stereocenters. The maximum atomic E-state index is 11.8. The zero-order chi connectivity index (χ0) is 22.9. The van der Waals surface area contributed by atoms with Crippen molar-refractivity contribution in [2.45, 2.75) is 115 Å². The van der Waals surface area contributed by atoms with Gasteiger partial charge < -0.3 is 19.4 Å². The van der Waals surface area contributed by atoms with Gasteiger partial charge in [-0.1, -0.05) is 83.3 Å². The molecule has 6 heteroatoms. The molecule has 0 saturated heterocycles. The highest BCUT2D eigenvalue weighted by Crippen LogP contribution is 2.52. The summed E-state index contributed by atoms with van der Waals surface area (Å²) in [5, 5.41) is 8.61. The highest BCUT2D eigenvalue weighted by molar-refractivity contribution is 7.53. The molecule has 30 heavy (non-hydrogen) atoms. The fourth-order valence-electron chi connectivity index (χ4n) is 3.91. The Morgan fingerprint density at radius 2 is 1.13 bits per heavy atom. The van der Waals surface area contributed by atoms with Crippen molar-refractivity contribution in [1.29, 1.82) is 0 Å². The third kappa shape index (κ3) is 16.5. The molecule has 0 radical (unpaired) electrons. The van der Waals surface area contributed by atoms with Crippen LogP contribution in [0.15, 0.2) is 12.2 Å². The number of quaternary nitrogens is 1. The minimum absolute atomic E-state index is 0.0580. The van der Waals surface area contributed by atoms with Crippen molar-refractivity contribution in [2.75, 3.05) is 27.7 Å². The third-order valence-electron chi connectivity index (χ3n) is 5.61. The van der Waals surface area contributed by atoms with Gasteiger partial charge in [-0.3, -0.25) is 4.57 Å². The van der Waals surface area contributed by atoms with Crippen molar-refractivity contribution < 1.29 is 23.9 Å². The Morgan fingerprint density at radius 1 is 0.733 bits per heavy atom. The number of hydrogen-bond donors (Lipinski definition) is 3. The first kappa shape index (κ1) is 29.8. The van der Waals surface area contributed by atoms with Gasteiger partial charge in [0.25, 0.3) is 0 Å². The lowest BCUT2D eigenvalue weighted by molar-refractivity contribution is -0.875. The highest BCUT2D eigenvalue weighted by Gasteiger charge is 2.48. The Kier molecular flexibility index (Phi) is 16.3. The minimum Gasteiger partial charge on any atom is -0.373 e. The molecule has 5 nitrogen and oxygen atoms in total.